The van der Waals surface area contributed by atoms with Crippen LogP contribution in [0.3, 0.4) is 0 Å². The van der Waals surface area contributed by atoms with E-state index >= 15 is 0 Å². The van der Waals surface area contributed by atoms with Gasteiger partial charge in [-0.25, -0.2) is 4.98 Å². The van der Waals surface area contributed by atoms with E-state index in [1.165, 1.54) is 22.2 Å². The summed E-state index contributed by atoms with van der Waals surface area (Å²) >= 11 is 1.48. The molecule has 5 heteroatoms. The van der Waals surface area contributed by atoms with Crippen LogP contribution >= 0.6 is 11.3 Å². The number of nitrogens with zero attached hydrogens (tertiary/aromatic N) is 2. The van der Waals surface area contributed by atoms with Crippen molar-refractivity contribution in [2.45, 2.75) is 6.73 Å². The number of methoxy groups -OCH3 is 1. The molecule has 0 aliphatic carbocycles. The molecule has 0 aliphatic heterocycles. The third kappa shape index (κ3) is 2.07. The van der Waals surface area contributed by atoms with Crippen LogP contribution in [0.25, 0.3) is 21.3 Å². The maximum absolute atomic E-state index is 12.4. The van der Waals surface area contributed by atoms with Gasteiger partial charge in [0.2, 0.25) is 0 Å². The lowest BCUT2D eigenvalue weighted by Crippen LogP contribution is -2.21. The first-order valence-corrected chi connectivity index (χ1v) is 6.70. The molecule has 3 rings (SSSR count). The molecule has 0 amide bonds. The van der Waals surface area contributed by atoms with Gasteiger partial charge in [0, 0.05) is 18.1 Å². The van der Waals surface area contributed by atoms with Gasteiger partial charge in [-0.05, 0) is 5.56 Å². The van der Waals surface area contributed by atoms with Gasteiger partial charge in [0.25, 0.3) is 5.56 Å². The molecule has 2 heterocycles. The van der Waals surface area contributed by atoms with E-state index in [1.807, 2.05) is 35.7 Å². The molecule has 19 heavy (non-hydrogen) atoms. The van der Waals surface area contributed by atoms with Crippen LogP contribution in [0.5, 0.6) is 0 Å². The Kier molecular flexibility index (Phi) is 3.15. The van der Waals surface area contributed by atoms with E-state index in [-0.39, 0.29) is 12.3 Å². The zero-order valence-electron chi connectivity index (χ0n) is 10.4. The van der Waals surface area contributed by atoms with Gasteiger partial charge in [-0.2, -0.15) is 0 Å². The summed E-state index contributed by atoms with van der Waals surface area (Å²) in [6.45, 7) is 0.214. The highest BCUT2D eigenvalue weighted by Gasteiger charge is 2.12. The number of hydrogen-bond acceptors (Lipinski definition) is 4. The minimum absolute atomic E-state index is 0.0630. The summed E-state index contributed by atoms with van der Waals surface area (Å²) < 4.78 is 6.48. The van der Waals surface area contributed by atoms with Crippen molar-refractivity contribution in [2.24, 2.45) is 0 Å². The van der Waals surface area contributed by atoms with Crippen LogP contribution in [-0.2, 0) is 11.5 Å². The molecule has 0 unspecified atom stereocenters. The first-order chi connectivity index (χ1) is 9.31. The number of ether oxygens (including phenoxy) is 1. The minimum Gasteiger partial charge on any atom is -0.364 e. The highest BCUT2D eigenvalue weighted by atomic mass is 32.1. The number of aromatic nitrogens is 2. The lowest BCUT2D eigenvalue weighted by atomic mass is 10.1. The summed E-state index contributed by atoms with van der Waals surface area (Å²) in [5.74, 6) is 0. The van der Waals surface area contributed by atoms with Crippen LogP contribution < -0.4 is 5.56 Å². The summed E-state index contributed by atoms with van der Waals surface area (Å²) in [6.07, 6.45) is 1.53. The molecule has 0 bridgehead atoms. The molecule has 0 fully saturated rings. The van der Waals surface area contributed by atoms with Crippen molar-refractivity contribution in [1.29, 1.82) is 0 Å². The van der Waals surface area contributed by atoms with Gasteiger partial charge in [0.15, 0.2) is 0 Å². The highest BCUT2D eigenvalue weighted by Crippen LogP contribution is 2.30. The molecule has 0 radical (unpaired) electrons. The summed E-state index contributed by atoms with van der Waals surface area (Å²) in [4.78, 5) is 17.5. The van der Waals surface area contributed by atoms with E-state index in [2.05, 4.69) is 4.98 Å². The average Bonchev–Trinajstić information content (AvgIpc) is 2.88. The van der Waals surface area contributed by atoms with Gasteiger partial charge in [0.05, 0.1) is 5.39 Å². The lowest BCUT2D eigenvalue weighted by molar-refractivity contribution is 0.128. The van der Waals surface area contributed by atoms with E-state index < -0.39 is 0 Å². The van der Waals surface area contributed by atoms with Crippen LogP contribution in [0.1, 0.15) is 0 Å². The minimum atomic E-state index is -0.0630. The highest BCUT2D eigenvalue weighted by molar-refractivity contribution is 7.17. The zero-order chi connectivity index (χ0) is 13.2. The van der Waals surface area contributed by atoms with Crippen LogP contribution in [-0.4, -0.2) is 16.7 Å². The second-order valence-corrected chi connectivity index (χ2v) is 4.99. The number of fused-ring (bicyclic) bond motifs is 1. The fourth-order valence-corrected chi connectivity index (χ4v) is 2.94. The Balaban J connectivity index is 2.27. The monoisotopic (exact) mass is 272 g/mol. The molecule has 0 saturated carbocycles. The van der Waals surface area contributed by atoms with Crippen molar-refractivity contribution in [3.8, 4) is 11.1 Å². The van der Waals surface area contributed by atoms with Gasteiger partial charge in [-0.1, -0.05) is 30.3 Å². The Labute approximate surface area is 113 Å². The maximum Gasteiger partial charge on any atom is 0.264 e. The molecule has 4 nitrogen and oxygen atoms in total. The Hall–Kier alpha value is -1.98. The molecule has 0 aliphatic rings. The number of hydrogen-bond donors (Lipinski definition) is 0. The quantitative estimate of drug-likeness (QED) is 0.736. The largest absolute Gasteiger partial charge is 0.364 e. The topological polar surface area (TPSA) is 44.1 Å². The molecular weight excluding hydrogens is 260 g/mol. The average molecular weight is 272 g/mol. The molecule has 0 saturated heterocycles. The Morgan fingerprint density at radius 1 is 1.32 bits per heavy atom. The first-order valence-electron chi connectivity index (χ1n) is 5.82. The normalized spacial score (nSPS) is 11.0. The van der Waals surface area contributed by atoms with E-state index in [0.717, 1.165) is 16.0 Å². The second-order valence-electron chi connectivity index (χ2n) is 4.13. The van der Waals surface area contributed by atoms with Gasteiger partial charge < -0.3 is 4.74 Å². The third-order valence-electron chi connectivity index (χ3n) is 2.91. The lowest BCUT2D eigenvalue weighted by Gasteiger charge is -2.04. The maximum atomic E-state index is 12.4. The van der Waals surface area contributed by atoms with Crippen LogP contribution in [0, 0.1) is 0 Å². The summed E-state index contributed by atoms with van der Waals surface area (Å²) in [7, 11) is 1.56. The van der Waals surface area contributed by atoms with Crippen molar-refractivity contribution in [1.82, 2.24) is 9.55 Å². The van der Waals surface area contributed by atoms with Crippen molar-refractivity contribution in [3.63, 3.8) is 0 Å². The number of benzene rings is 1. The summed E-state index contributed by atoms with van der Waals surface area (Å²) in [5, 5.41) is 2.64. The Morgan fingerprint density at radius 2 is 2.11 bits per heavy atom. The molecule has 0 atom stereocenters. The van der Waals surface area contributed by atoms with Gasteiger partial charge in [-0.15, -0.1) is 11.3 Å². The van der Waals surface area contributed by atoms with Crippen LogP contribution in [0.15, 0.2) is 46.8 Å². The van der Waals surface area contributed by atoms with Crippen molar-refractivity contribution >= 4 is 21.6 Å². The number of rotatable bonds is 3. The van der Waals surface area contributed by atoms with Crippen molar-refractivity contribution < 1.29 is 4.74 Å². The molecular formula is C14H12N2O2S. The summed E-state index contributed by atoms with van der Waals surface area (Å²) in [6, 6.07) is 9.87. The standard InChI is InChI=1S/C14H12N2O2S/c1-18-9-16-8-15-13-12(14(16)17)11(7-19-13)10-5-3-2-4-6-10/h2-8H,9H2,1H3. The predicted molar refractivity (Wildman–Crippen MR) is 76.3 cm³/mol. The third-order valence-corrected chi connectivity index (χ3v) is 3.80. The van der Waals surface area contributed by atoms with E-state index in [9.17, 15) is 4.79 Å². The van der Waals surface area contributed by atoms with Crippen molar-refractivity contribution in [3.05, 3.63) is 52.4 Å². The Morgan fingerprint density at radius 3 is 2.84 bits per heavy atom. The molecule has 0 spiro atoms. The molecule has 3 aromatic rings. The molecule has 2 aromatic heterocycles. The zero-order valence-corrected chi connectivity index (χ0v) is 11.2. The van der Waals surface area contributed by atoms with Crippen LogP contribution in [0.4, 0.5) is 0 Å². The number of thiophene rings is 1. The van der Waals surface area contributed by atoms with E-state index in [0.29, 0.717) is 5.39 Å². The summed E-state index contributed by atoms with van der Waals surface area (Å²) in [5.41, 5.74) is 1.90. The van der Waals surface area contributed by atoms with Gasteiger partial charge >= 0.3 is 0 Å². The molecule has 1 aromatic carbocycles. The second kappa shape index (κ2) is 4.95. The smallest absolute Gasteiger partial charge is 0.264 e. The van der Waals surface area contributed by atoms with Gasteiger partial charge in [-0.3, -0.25) is 9.36 Å². The Bertz CT molecular complexity index is 762. The van der Waals surface area contributed by atoms with Crippen molar-refractivity contribution in [2.75, 3.05) is 7.11 Å². The van der Waals surface area contributed by atoms with E-state index in [4.69, 9.17) is 4.74 Å². The fourth-order valence-electron chi connectivity index (χ4n) is 2.03. The fraction of sp³-hybridized carbons (Fsp3) is 0.143. The molecule has 0 N–H and O–H groups in total. The predicted octanol–water partition coefficient (Wildman–Crippen LogP) is 2.73. The SMILES string of the molecule is COCn1cnc2scc(-c3ccccc3)c2c1=O. The molecule has 96 valence electrons. The van der Waals surface area contributed by atoms with E-state index in [1.54, 1.807) is 7.11 Å². The first kappa shape index (κ1) is 12.1. The van der Waals surface area contributed by atoms with Crippen LogP contribution in [0.2, 0.25) is 0 Å². The van der Waals surface area contributed by atoms with Gasteiger partial charge in [0.1, 0.15) is 17.9 Å².